The average molecular weight is 319 g/mol. The van der Waals surface area contributed by atoms with Gasteiger partial charge in [-0.3, -0.25) is 0 Å². The Labute approximate surface area is 120 Å². The molecule has 1 aromatic heterocycles. The molecule has 0 spiro atoms. The van der Waals surface area contributed by atoms with Crippen LogP contribution in [0.4, 0.5) is 4.39 Å². The average Bonchev–Trinajstić information content (AvgIpc) is 2.79. The molecule has 0 radical (unpaired) electrons. The first kappa shape index (κ1) is 15.0. The number of aromatic nitrogens is 1. The largest absolute Gasteiger partial charge is 0.364 e. The van der Waals surface area contributed by atoms with E-state index in [4.69, 9.17) is 11.6 Å². The van der Waals surface area contributed by atoms with Gasteiger partial charge in [-0.05, 0) is 19.1 Å². The van der Waals surface area contributed by atoms with Gasteiger partial charge in [0.2, 0.25) is 10.0 Å². The lowest BCUT2D eigenvalue weighted by atomic mass is 10.1. The number of sulfonamides is 1. The minimum Gasteiger partial charge on any atom is -0.364 e. The quantitative estimate of drug-likeness (QED) is 0.920. The maximum absolute atomic E-state index is 13.7. The van der Waals surface area contributed by atoms with E-state index in [2.05, 4.69) is 14.4 Å². The van der Waals surface area contributed by atoms with E-state index in [9.17, 15) is 12.8 Å². The maximum Gasteiger partial charge on any atom is 0.218 e. The molecule has 0 bridgehead atoms. The summed E-state index contributed by atoms with van der Waals surface area (Å²) < 4.78 is 44.5. The van der Waals surface area contributed by atoms with E-state index in [-0.39, 0.29) is 22.0 Å². The van der Waals surface area contributed by atoms with Gasteiger partial charge in [-0.25, -0.2) is 17.5 Å². The molecule has 0 aliphatic carbocycles. The maximum atomic E-state index is 13.7. The highest BCUT2D eigenvalue weighted by Gasteiger charge is 2.21. The first-order valence-corrected chi connectivity index (χ1v) is 7.75. The van der Waals surface area contributed by atoms with Crippen LogP contribution in [-0.4, -0.2) is 13.6 Å². The predicted molar refractivity (Wildman–Crippen MR) is 72.1 cm³/mol. The van der Waals surface area contributed by atoms with Crippen LogP contribution in [0.15, 0.2) is 35.1 Å². The molecule has 20 heavy (non-hydrogen) atoms. The Balaban J connectivity index is 2.17. The van der Waals surface area contributed by atoms with Crippen molar-refractivity contribution in [3.8, 4) is 0 Å². The molecule has 8 heteroatoms. The monoisotopic (exact) mass is 318 g/mol. The molecule has 2 rings (SSSR count). The molecule has 108 valence electrons. The fourth-order valence-corrected chi connectivity index (χ4v) is 3.41. The van der Waals surface area contributed by atoms with Crippen molar-refractivity contribution in [2.45, 2.75) is 18.7 Å². The highest BCUT2D eigenvalue weighted by Crippen LogP contribution is 2.26. The summed E-state index contributed by atoms with van der Waals surface area (Å²) in [4.78, 5) is 0. The van der Waals surface area contributed by atoms with Gasteiger partial charge < -0.3 is 4.52 Å². The van der Waals surface area contributed by atoms with Crippen molar-refractivity contribution in [1.29, 1.82) is 0 Å². The van der Waals surface area contributed by atoms with Crippen LogP contribution in [0.5, 0.6) is 0 Å². The van der Waals surface area contributed by atoms with E-state index in [0.29, 0.717) is 0 Å². The van der Waals surface area contributed by atoms with Gasteiger partial charge in [-0.2, -0.15) is 0 Å². The third kappa shape index (κ3) is 3.56. The first-order chi connectivity index (χ1) is 9.39. The fourth-order valence-electron chi connectivity index (χ4n) is 1.80. The molecule has 0 amide bonds. The SMILES string of the molecule is C[C@@H](NS(=O)(=O)Cc1ccon1)c1c(F)cccc1Cl. The molecule has 1 N–H and O–H groups in total. The third-order valence-electron chi connectivity index (χ3n) is 2.62. The van der Waals surface area contributed by atoms with E-state index in [1.54, 1.807) is 0 Å². The number of hydrogen-bond donors (Lipinski definition) is 1. The summed E-state index contributed by atoms with van der Waals surface area (Å²) in [5.74, 6) is -0.908. The Hall–Kier alpha value is -1.44. The van der Waals surface area contributed by atoms with Crippen molar-refractivity contribution in [1.82, 2.24) is 9.88 Å². The Morgan fingerprint density at radius 3 is 2.80 bits per heavy atom. The molecular formula is C12H12ClFN2O3S. The van der Waals surface area contributed by atoms with Crippen molar-refractivity contribution in [3.05, 3.63) is 52.6 Å². The Kier molecular flexibility index (Phi) is 4.42. The summed E-state index contributed by atoms with van der Waals surface area (Å²) in [5, 5.41) is 3.69. The van der Waals surface area contributed by atoms with Crippen LogP contribution in [0.3, 0.4) is 0 Å². The van der Waals surface area contributed by atoms with Crippen LogP contribution in [0, 0.1) is 5.82 Å². The molecule has 0 aliphatic rings. The second-order valence-electron chi connectivity index (χ2n) is 4.22. The van der Waals surface area contributed by atoms with Gasteiger partial charge >= 0.3 is 0 Å². The lowest BCUT2D eigenvalue weighted by Crippen LogP contribution is -2.29. The summed E-state index contributed by atoms with van der Waals surface area (Å²) >= 11 is 5.89. The zero-order valence-corrected chi connectivity index (χ0v) is 12.1. The van der Waals surface area contributed by atoms with E-state index >= 15 is 0 Å². The number of nitrogens with zero attached hydrogens (tertiary/aromatic N) is 1. The van der Waals surface area contributed by atoms with Crippen molar-refractivity contribution >= 4 is 21.6 Å². The number of halogens is 2. The Morgan fingerprint density at radius 2 is 2.20 bits per heavy atom. The molecule has 1 heterocycles. The lowest BCUT2D eigenvalue weighted by Gasteiger charge is -2.16. The van der Waals surface area contributed by atoms with Crippen molar-refractivity contribution in [2.75, 3.05) is 0 Å². The van der Waals surface area contributed by atoms with Crippen LogP contribution >= 0.6 is 11.6 Å². The first-order valence-electron chi connectivity index (χ1n) is 5.72. The lowest BCUT2D eigenvalue weighted by molar-refractivity contribution is 0.413. The Bertz CT molecular complexity index is 668. The molecule has 2 aromatic rings. The second kappa shape index (κ2) is 5.90. The third-order valence-corrected chi connectivity index (χ3v) is 4.34. The molecule has 0 saturated carbocycles. The smallest absolute Gasteiger partial charge is 0.218 e. The molecule has 1 aromatic carbocycles. The van der Waals surface area contributed by atoms with Gasteiger partial charge in [-0.1, -0.05) is 22.8 Å². The number of nitrogens with one attached hydrogen (secondary N) is 1. The molecule has 0 fully saturated rings. The van der Waals surface area contributed by atoms with E-state index in [0.717, 1.165) is 0 Å². The molecular weight excluding hydrogens is 307 g/mol. The van der Waals surface area contributed by atoms with E-state index in [1.165, 1.54) is 37.5 Å². The highest BCUT2D eigenvalue weighted by atomic mass is 35.5. The molecule has 0 unspecified atom stereocenters. The van der Waals surface area contributed by atoms with Crippen LogP contribution < -0.4 is 4.72 Å². The van der Waals surface area contributed by atoms with Gasteiger partial charge in [0.15, 0.2) is 0 Å². The predicted octanol–water partition coefficient (Wildman–Crippen LogP) is 2.65. The highest BCUT2D eigenvalue weighted by molar-refractivity contribution is 7.88. The van der Waals surface area contributed by atoms with Gasteiger partial charge in [0.25, 0.3) is 0 Å². The Morgan fingerprint density at radius 1 is 1.45 bits per heavy atom. The zero-order chi connectivity index (χ0) is 14.8. The van der Waals surface area contributed by atoms with Gasteiger partial charge in [-0.15, -0.1) is 0 Å². The number of hydrogen-bond acceptors (Lipinski definition) is 4. The van der Waals surface area contributed by atoms with Crippen LogP contribution in [0.2, 0.25) is 5.02 Å². The fraction of sp³-hybridized carbons (Fsp3) is 0.250. The molecule has 5 nitrogen and oxygen atoms in total. The van der Waals surface area contributed by atoms with E-state index in [1.807, 2.05) is 0 Å². The van der Waals surface area contributed by atoms with Gasteiger partial charge in [0.1, 0.15) is 17.8 Å². The summed E-state index contributed by atoms with van der Waals surface area (Å²) in [6.07, 6.45) is 1.28. The molecule has 0 aliphatic heterocycles. The zero-order valence-electron chi connectivity index (χ0n) is 10.5. The van der Waals surface area contributed by atoms with Crippen molar-refractivity contribution < 1.29 is 17.3 Å². The van der Waals surface area contributed by atoms with E-state index < -0.39 is 21.9 Å². The van der Waals surface area contributed by atoms with Crippen LogP contribution in [-0.2, 0) is 15.8 Å². The molecule has 1 atom stereocenters. The second-order valence-corrected chi connectivity index (χ2v) is 6.39. The standard InChI is InChI=1S/C12H12ClFN2O3S/c1-8(12-10(13)3-2-4-11(12)14)16-20(17,18)7-9-5-6-19-15-9/h2-6,8,16H,7H2,1H3/t8-/m1/s1. The van der Waals surface area contributed by atoms with Crippen LogP contribution in [0.25, 0.3) is 0 Å². The summed E-state index contributed by atoms with van der Waals surface area (Å²) in [7, 11) is -3.68. The summed E-state index contributed by atoms with van der Waals surface area (Å²) in [6.45, 7) is 1.52. The van der Waals surface area contributed by atoms with Crippen molar-refractivity contribution in [3.63, 3.8) is 0 Å². The minimum atomic E-state index is -3.68. The number of rotatable bonds is 5. The van der Waals surface area contributed by atoms with Gasteiger partial charge in [0.05, 0.1) is 5.69 Å². The number of benzene rings is 1. The normalized spacial score (nSPS) is 13.3. The topological polar surface area (TPSA) is 72.2 Å². The minimum absolute atomic E-state index is 0.109. The van der Waals surface area contributed by atoms with Crippen LogP contribution in [0.1, 0.15) is 24.2 Å². The van der Waals surface area contributed by atoms with Gasteiger partial charge in [0, 0.05) is 22.7 Å². The summed E-state index contributed by atoms with van der Waals surface area (Å²) in [6, 6.07) is 4.84. The summed E-state index contributed by atoms with van der Waals surface area (Å²) in [5.41, 5.74) is 0.377. The van der Waals surface area contributed by atoms with Crippen molar-refractivity contribution in [2.24, 2.45) is 0 Å². The molecule has 0 saturated heterocycles.